The molecule has 0 radical (unpaired) electrons. The van der Waals surface area contributed by atoms with E-state index in [9.17, 15) is 0 Å². The summed E-state index contributed by atoms with van der Waals surface area (Å²) in [5.74, 6) is 0. The predicted molar refractivity (Wildman–Crippen MR) is 202 cm³/mol. The van der Waals surface area contributed by atoms with Crippen molar-refractivity contribution in [1.82, 2.24) is 29.9 Å². The van der Waals surface area contributed by atoms with Gasteiger partial charge in [0.05, 0.1) is 45.3 Å². The first-order chi connectivity index (χ1) is 24.7. The van der Waals surface area contributed by atoms with Gasteiger partial charge < -0.3 is 0 Å². The minimum atomic E-state index is 0.758. The molecule has 6 heteroatoms. The van der Waals surface area contributed by atoms with Gasteiger partial charge in [-0.3, -0.25) is 15.0 Å². The summed E-state index contributed by atoms with van der Waals surface area (Å²) in [6, 6.07) is 46.7. The molecule has 5 aromatic carbocycles. The monoisotopic (exact) mass is 638 g/mol. The van der Waals surface area contributed by atoms with Crippen LogP contribution in [-0.2, 0) is 0 Å². The molecule has 0 unspecified atom stereocenters. The van der Waals surface area contributed by atoms with Gasteiger partial charge in [0.25, 0.3) is 0 Å². The fourth-order valence-electron chi connectivity index (χ4n) is 6.79. The smallest absolute Gasteiger partial charge is 0.107 e. The Hall–Kier alpha value is -6.92. The average molecular weight is 639 g/mol. The molecule has 0 aliphatic carbocycles. The first kappa shape index (κ1) is 28.1. The molecule has 0 saturated heterocycles. The van der Waals surface area contributed by atoms with Gasteiger partial charge in [0.1, 0.15) is 5.69 Å². The highest BCUT2D eigenvalue weighted by Crippen LogP contribution is 2.32. The number of rotatable bonds is 4. The lowest BCUT2D eigenvalue weighted by molar-refractivity contribution is 1.19. The van der Waals surface area contributed by atoms with E-state index in [1.807, 2.05) is 18.3 Å². The van der Waals surface area contributed by atoms with Crippen molar-refractivity contribution in [3.63, 3.8) is 0 Å². The van der Waals surface area contributed by atoms with Crippen molar-refractivity contribution in [1.29, 1.82) is 0 Å². The van der Waals surface area contributed by atoms with Gasteiger partial charge in [-0.2, -0.15) is 0 Å². The van der Waals surface area contributed by atoms with Crippen LogP contribution in [0.5, 0.6) is 0 Å². The Balaban J connectivity index is 0.950. The molecule has 232 valence electrons. The zero-order chi connectivity index (χ0) is 33.0. The normalized spacial score (nSPS) is 11.6. The molecule has 10 aromatic rings. The highest BCUT2D eigenvalue weighted by Gasteiger charge is 2.10. The lowest BCUT2D eigenvalue weighted by Gasteiger charge is -2.09. The first-order valence-corrected chi connectivity index (χ1v) is 16.5. The molecule has 0 aliphatic rings. The molecule has 0 bridgehead atoms. The van der Waals surface area contributed by atoms with E-state index >= 15 is 0 Å². The van der Waals surface area contributed by atoms with E-state index in [0.717, 1.165) is 99.4 Å². The second kappa shape index (κ2) is 11.4. The van der Waals surface area contributed by atoms with Crippen LogP contribution >= 0.6 is 0 Å². The lowest BCUT2D eigenvalue weighted by atomic mass is 9.99. The molecule has 0 amide bonds. The van der Waals surface area contributed by atoms with Crippen LogP contribution in [0.3, 0.4) is 0 Å². The van der Waals surface area contributed by atoms with Gasteiger partial charge in [0.15, 0.2) is 0 Å². The fraction of sp³-hybridized carbons (Fsp3) is 0. The van der Waals surface area contributed by atoms with Crippen molar-refractivity contribution in [3.8, 4) is 45.0 Å². The summed E-state index contributed by atoms with van der Waals surface area (Å²) in [5.41, 5.74) is 11.5. The van der Waals surface area contributed by atoms with Crippen molar-refractivity contribution in [2.24, 2.45) is 0 Å². The zero-order valence-corrected chi connectivity index (χ0v) is 26.7. The van der Waals surface area contributed by atoms with E-state index in [1.54, 1.807) is 18.6 Å². The van der Waals surface area contributed by atoms with Crippen molar-refractivity contribution >= 4 is 54.4 Å². The topological polar surface area (TPSA) is 77.3 Å². The van der Waals surface area contributed by atoms with Gasteiger partial charge >= 0.3 is 0 Å². The summed E-state index contributed by atoms with van der Waals surface area (Å²) in [4.78, 5) is 28.2. The van der Waals surface area contributed by atoms with E-state index < -0.39 is 0 Å². The molecule has 0 aliphatic heterocycles. The van der Waals surface area contributed by atoms with Gasteiger partial charge in [0.2, 0.25) is 0 Å². The molecule has 5 aromatic heterocycles. The third kappa shape index (κ3) is 4.90. The second-order valence-electron chi connectivity index (χ2n) is 12.5. The Bertz CT molecular complexity index is 2940. The Morgan fingerprint density at radius 1 is 0.320 bits per heavy atom. The van der Waals surface area contributed by atoms with Crippen LogP contribution in [0.25, 0.3) is 99.4 Å². The maximum Gasteiger partial charge on any atom is 0.107 e. The van der Waals surface area contributed by atoms with Gasteiger partial charge in [-0.15, -0.1) is 0 Å². The lowest BCUT2D eigenvalue weighted by Crippen LogP contribution is -1.90. The van der Waals surface area contributed by atoms with Crippen molar-refractivity contribution < 1.29 is 0 Å². The first-order valence-electron chi connectivity index (χ1n) is 16.5. The molecule has 0 saturated carbocycles. The van der Waals surface area contributed by atoms with Crippen LogP contribution in [0, 0.1) is 0 Å². The number of nitrogens with zero attached hydrogens (tertiary/aromatic N) is 6. The van der Waals surface area contributed by atoms with Crippen LogP contribution in [0.4, 0.5) is 0 Å². The highest BCUT2D eigenvalue weighted by atomic mass is 14.8. The largest absolute Gasteiger partial charge is 0.261 e. The number of benzene rings is 5. The van der Waals surface area contributed by atoms with E-state index in [1.165, 1.54) is 0 Å². The number of aromatic nitrogens is 6. The molecule has 0 atom stereocenters. The maximum absolute atomic E-state index is 5.06. The summed E-state index contributed by atoms with van der Waals surface area (Å²) in [6.07, 6.45) is 6.92. The third-order valence-electron chi connectivity index (χ3n) is 9.40. The Morgan fingerprint density at radius 3 is 1.74 bits per heavy atom. The summed E-state index contributed by atoms with van der Waals surface area (Å²) in [7, 11) is 0. The molecule has 6 nitrogen and oxygen atoms in total. The molecule has 10 rings (SSSR count). The van der Waals surface area contributed by atoms with Crippen LogP contribution in [-0.4, -0.2) is 29.9 Å². The minimum absolute atomic E-state index is 0.758. The predicted octanol–water partition coefficient (Wildman–Crippen LogP) is 10.5. The van der Waals surface area contributed by atoms with Gasteiger partial charge in [-0.25, -0.2) is 15.0 Å². The number of hydrogen-bond acceptors (Lipinski definition) is 6. The van der Waals surface area contributed by atoms with Crippen molar-refractivity contribution in [2.45, 2.75) is 0 Å². The molecular weight excluding hydrogens is 613 g/mol. The summed E-state index contributed by atoms with van der Waals surface area (Å²) < 4.78 is 0. The average Bonchev–Trinajstić information content (AvgIpc) is 3.19. The molecule has 50 heavy (non-hydrogen) atoms. The minimum Gasteiger partial charge on any atom is -0.261 e. The van der Waals surface area contributed by atoms with E-state index in [4.69, 9.17) is 15.0 Å². The SMILES string of the molecule is c1cnc2c(c1)ccc1ccc(-c3ccc4cc(-c5ccc6cc(-c7ccc8ccc(-c9cnccn9)nc8c7)ccc6n5)ccc4c3)nc12. The quantitative estimate of drug-likeness (QED) is 0.179. The van der Waals surface area contributed by atoms with Crippen LogP contribution in [0.15, 0.2) is 158 Å². The number of hydrogen-bond donors (Lipinski definition) is 0. The number of fused-ring (bicyclic) bond motifs is 6. The Labute approximate surface area is 286 Å². The molecule has 5 heterocycles. The summed E-state index contributed by atoms with van der Waals surface area (Å²) in [5, 5.41) is 6.66. The van der Waals surface area contributed by atoms with Crippen molar-refractivity contribution in [2.75, 3.05) is 0 Å². The van der Waals surface area contributed by atoms with E-state index in [-0.39, 0.29) is 0 Å². The molecule has 0 spiro atoms. The molecule has 0 N–H and O–H groups in total. The standard InChI is InChI=1S/C44H26N6/c1-2-28-4-5-29-12-15-39(50-44(29)43(28)47-19-1)35-10-8-30-22-34(9-7-31(30)23-35)38-17-14-36-24-32(13-16-37(36)48-38)33-6-3-27-11-18-40(49-41(27)25-33)42-26-45-20-21-46-42/h1-26H. The molecular formula is C44H26N6. The van der Waals surface area contributed by atoms with Crippen LogP contribution in [0.1, 0.15) is 0 Å². The van der Waals surface area contributed by atoms with E-state index in [0.29, 0.717) is 0 Å². The maximum atomic E-state index is 5.06. The second-order valence-corrected chi connectivity index (χ2v) is 12.5. The highest BCUT2D eigenvalue weighted by molar-refractivity contribution is 6.03. The van der Waals surface area contributed by atoms with Crippen molar-refractivity contribution in [3.05, 3.63) is 158 Å². The van der Waals surface area contributed by atoms with Gasteiger partial charge in [0, 0.05) is 51.3 Å². The molecule has 0 fully saturated rings. The Kier molecular flexibility index (Phi) is 6.39. The van der Waals surface area contributed by atoms with Crippen LogP contribution < -0.4 is 0 Å². The summed E-state index contributed by atoms with van der Waals surface area (Å²) in [6.45, 7) is 0. The number of pyridine rings is 4. The zero-order valence-electron chi connectivity index (χ0n) is 26.7. The van der Waals surface area contributed by atoms with Gasteiger partial charge in [-0.05, 0) is 76.5 Å². The fourth-order valence-corrected chi connectivity index (χ4v) is 6.79. The van der Waals surface area contributed by atoms with Crippen LogP contribution in [0.2, 0.25) is 0 Å². The van der Waals surface area contributed by atoms with Gasteiger partial charge in [-0.1, -0.05) is 78.9 Å². The summed E-state index contributed by atoms with van der Waals surface area (Å²) >= 11 is 0. The van der Waals surface area contributed by atoms with E-state index in [2.05, 4.69) is 136 Å². The third-order valence-corrected chi connectivity index (χ3v) is 9.40. The Morgan fingerprint density at radius 2 is 0.920 bits per heavy atom.